The summed E-state index contributed by atoms with van der Waals surface area (Å²) in [6.07, 6.45) is 0. The SMILES string of the molecule is CCOC(=O)C1C(=O)NC(c2ccc(Cl)cc2)=NC1C. The number of hydrogen-bond donors (Lipinski definition) is 1. The van der Waals surface area contributed by atoms with Crippen LogP contribution in [-0.4, -0.2) is 30.4 Å². The number of nitrogens with zero attached hydrogens (tertiary/aromatic N) is 1. The first-order valence-electron chi connectivity index (χ1n) is 6.34. The maximum atomic E-state index is 12.1. The Bertz CT molecular complexity index is 554. The minimum absolute atomic E-state index is 0.239. The number of rotatable bonds is 3. The lowest BCUT2D eigenvalue weighted by atomic mass is 9.98. The van der Waals surface area contributed by atoms with E-state index in [0.717, 1.165) is 5.56 Å². The van der Waals surface area contributed by atoms with Crippen LogP contribution in [0.25, 0.3) is 0 Å². The van der Waals surface area contributed by atoms with Gasteiger partial charge in [0.1, 0.15) is 5.84 Å². The summed E-state index contributed by atoms with van der Waals surface area (Å²) in [7, 11) is 0. The predicted molar refractivity (Wildman–Crippen MR) is 75.7 cm³/mol. The van der Waals surface area contributed by atoms with Crippen molar-refractivity contribution in [2.45, 2.75) is 19.9 Å². The second kappa shape index (κ2) is 6.05. The summed E-state index contributed by atoms with van der Waals surface area (Å²) < 4.78 is 4.89. The number of ether oxygens (including phenoxy) is 1. The standard InChI is InChI=1S/C14H15ClN2O3/c1-3-20-14(19)11-8(2)16-12(17-13(11)18)9-4-6-10(15)7-5-9/h4-8,11H,3H2,1-2H3,(H,16,17,18). The molecule has 1 amide bonds. The van der Waals surface area contributed by atoms with Gasteiger partial charge in [0.15, 0.2) is 5.92 Å². The van der Waals surface area contributed by atoms with Crippen LogP contribution >= 0.6 is 11.6 Å². The molecule has 0 saturated carbocycles. The zero-order chi connectivity index (χ0) is 14.7. The number of benzene rings is 1. The Morgan fingerprint density at radius 3 is 2.60 bits per heavy atom. The smallest absolute Gasteiger partial charge is 0.320 e. The van der Waals surface area contributed by atoms with Gasteiger partial charge in [-0.25, -0.2) is 0 Å². The van der Waals surface area contributed by atoms with E-state index >= 15 is 0 Å². The van der Waals surface area contributed by atoms with Crippen LogP contribution in [0.5, 0.6) is 0 Å². The minimum Gasteiger partial charge on any atom is -0.465 e. The average Bonchev–Trinajstić information content (AvgIpc) is 2.39. The number of carbonyl (C=O) groups is 2. The lowest BCUT2D eigenvalue weighted by molar-refractivity contribution is -0.152. The maximum absolute atomic E-state index is 12.1. The van der Waals surface area contributed by atoms with Crippen molar-refractivity contribution < 1.29 is 14.3 Å². The highest BCUT2D eigenvalue weighted by Crippen LogP contribution is 2.18. The molecular formula is C14H15ClN2O3. The molecule has 1 aromatic rings. The molecule has 1 aliphatic heterocycles. The van der Waals surface area contributed by atoms with Crippen LogP contribution in [0.1, 0.15) is 19.4 Å². The summed E-state index contributed by atoms with van der Waals surface area (Å²) in [5, 5.41) is 3.24. The molecule has 0 bridgehead atoms. The Balaban J connectivity index is 2.24. The van der Waals surface area contributed by atoms with Crippen molar-refractivity contribution in [2.75, 3.05) is 6.61 Å². The zero-order valence-corrected chi connectivity index (χ0v) is 12.0. The Hall–Kier alpha value is -1.88. The van der Waals surface area contributed by atoms with E-state index in [1.54, 1.807) is 38.1 Å². The fourth-order valence-corrected chi connectivity index (χ4v) is 2.14. The Labute approximate surface area is 122 Å². The molecule has 2 rings (SSSR count). The average molecular weight is 295 g/mol. The summed E-state index contributed by atoms with van der Waals surface area (Å²) in [6, 6.07) is 6.49. The Morgan fingerprint density at radius 2 is 2.05 bits per heavy atom. The van der Waals surface area contributed by atoms with Gasteiger partial charge in [0, 0.05) is 10.6 Å². The summed E-state index contributed by atoms with van der Waals surface area (Å²) in [5.74, 6) is -1.39. The van der Waals surface area contributed by atoms with Gasteiger partial charge < -0.3 is 10.1 Å². The molecule has 106 valence electrons. The van der Waals surface area contributed by atoms with Crippen molar-refractivity contribution in [3.05, 3.63) is 34.9 Å². The van der Waals surface area contributed by atoms with Gasteiger partial charge in [0.05, 0.1) is 12.6 Å². The van der Waals surface area contributed by atoms with E-state index in [1.807, 2.05) is 0 Å². The minimum atomic E-state index is -0.897. The number of nitrogens with one attached hydrogen (secondary N) is 1. The molecule has 2 unspecified atom stereocenters. The van der Waals surface area contributed by atoms with E-state index in [9.17, 15) is 9.59 Å². The highest BCUT2D eigenvalue weighted by molar-refractivity contribution is 6.30. The molecule has 2 atom stereocenters. The third-order valence-corrected chi connectivity index (χ3v) is 3.25. The molecule has 20 heavy (non-hydrogen) atoms. The monoisotopic (exact) mass is 294 g/mol. The first-order valence-corrected chi connectivity index (χ1v) is 6.72. The van der Waals surface area contributed by atoms with Gasteiger partial charge in [0.2, 0.25) is 5.91 Å². The molecule has 0 aliphatic carbocycles. The van der Waals surface area contributed by atoms with Crippen molar-refractivity contribution >= 4 is 29.3 Å². The summed E-state index contributed by atoms with van der Waals surface area (Å²) >= 11 is 5.82. The number of halogens is 1. The lowest BCUT2D eigenvalue weighted by Crippen LogP contribution is -2.49. The normalized spacial score (nSPS) is 21.9. The first-order chi connectivity index (χ1) is 9.52. The number of esters is 1. The van der Waals surface area contributed by atoms with Crippen molar-refractivity contribution in [2.24, 2.45) is 10.9 Å². The molecule has 1 N–H and O–H groups in total. The predicted octanol–water partition coefficient (Wildman–Crippen LogP) is 1.78. The highest BCUT2D eigenvalue weighted by atomic mass is 35.5. The second-order valence-electron chi connectivity index (χ2n) is 4.44. The van der Waals surface area contributed by atoms with Gasteiger partial charge >= 0.3 is 5.97 Å². The first kappa shape index (κ1) is 14.5. The zero-order valence-electron chi connectivity index (χ0n) is 11.2. The van der Waals surface area contributed by atoms with Gasteiger partial charge in [-0.3, -0.25) is 14.6 Å². The molecule has 0 fully saturated rings. The van der Waals surface area contributed by atoms with Crippen LogP contribution in [0.2, 0.25) is 5.02 Å². The van der Waals surface area contributed by atoms with E-state index in [4.69, 9.17) is 16.3 Å². The van der Waals surface area contributed by atoms with Crippen LogP contribution in [0.4, 0.5) is 0 Å². The van der Waals surface area contributed by atoms with Gasteiger partial charge in [0.25, 0.3) is 0 Å². The number of hydrogen-bond acceptors (Lipinski definition) is 4. The molecule has 1 aliphatic rings. The number of carbonyl (C=O) groups excluding carboxylic acids is 2. The summed E-state index contributed by atoms with van der Waals surface area (Å²) in [6.45, 7) is 3.66. The molecular weight excluding hydrogens is 280 g/mol. The second-order valence-corrected chi connectivity index (χ2v) is 4.88. The van der Waals surface area contributed by atoms with Gasteiger partial charge in [-0.2, -0.15) is 0 Å². The maximum Gasteiger partial charge on any atom is 0.320 e. The fraction of sp³-hybridized carbons (Fsp3) is 0.357. The summed E-state index contributed by atoms with van der Waals surface area (Å²) in [4.78, 5) is 28.1. The molecule has 0 radical (unpaired) electrons. The number of aliphatic imine (C=N–C) groups is 1. The van der Waals surface area contributed by atoms with Gasteiger partial charge in [-0.05, 0) is 38.1 Å². The largest absolute Gasteiger partial charge is 0.465 e. The van der Waals surface area contributed by atoms with E-state index < -0.39 is 23.8 Å². The van der Waals surface area contributed by atoms with Crippen LogP contribution < -0.4 is 5.32 Å². The molecule has 0 aromatic heterocycles. The van der Waals surface area contributed by atoms with Gasteiger partial charge in [-0.1, -0.05) is 11.6 Å². The number of amides is 1. The van der Waals surface area contributed by atoms with E-state index in [2.05, 4.69) is 10.3 Å². The Kier molecular flexibility index (Phi) is 4.39. The molecule has 1 aromatic carbocycles. The van der Waals surface area contributed by atoms with Crippen LogP contribution in [-0.2, 0) is 14.3 Å². The molecule has 1 heterocycles. The molecule has 6 heteroatoms. The molecule has 0 spiro atoms. The molecule has 0 saturated heterocycles. The third-order valence-electron chi connectivity index (χ3n) is 3.00. The van der Waals surface area contributed by atoms with Crippen molar-refractivity contribution in [1.82, 2.24) is 5.32 Å². The molecule has 5 nitrogen and oxygen atoms in total. The lowest BCUT2D eigenvalue weighted by Gasteiger charge is -2.25. The quantitative estimate of drug-likeness (QED) is 0.682. The number of amidine groups is 1. The van der Waals surface area contributed by atoms with Crippen LogP contribution in [0.3, 0.4) is 0 Å². The van der Waals surface area contributed by atoms with Gasteiger partial charge in [-0.15, -0.1) is 0 Å². The van der Waals surface area contributed by atoms with E-state index in [0.29, 0.717) is 10.9 Å². The fourth-order valence-electron chi connectivity index (χ4n) is 2.01. The van der Waals surface area contributed by atoms with E-state index in [1.165, 1.54) is 0 Å². The van der Waals surface area contributed by atoms with Crippen molar-refractivity contribution in [3.8, 4) is 0 Å². The van der Waals surface area contributed by atoms with Crippen LogP contribution in [0, 0.1) is 5.92 Å². The van der Waals surface area contributed by atoms with Crippen LogP contribution in [0.15, 0.2) is 29.3 Å². The van der Waals surface area contributed by atoms with Crippen molar-refractivity contribution in [3.63, 3.8) is 0 Å². The van der Waals surface area contributed by atoms with Crippen molar-refractivity contribution in [1.29, 1.82) is 0 Å². The Morgan fingerprint density at radius 1 is 1.40 bits per heavy atom. The topological polar surface area (TPSA) is 67.8 Å². The summed E-state index contributed by atoms with van der Waals surface area (Å²) in [5.41, 5.74) is 0.747. The van der Waals surface area contributed by atoms with E-state index in [-0.39, 0.29) is 6.61 Å². The highest BCUT2D eigenvalue weighted by Gasteiger charge is 2.37. The third kappa shape index (κ3) is 2.99.